The summed E-state index contributed by atoms with van der Waals surface area (Å²) < 4.78 is 0. The predicted molar refractivity (Wildman–Crippen MR) is 70.3 cm³/mol. The Morgan fingerprint density at radius 1 is 1.09 bits per heavy atom. The van der Waals surface area contributed by atoms with Crippen molar-refractivity contribution in [1.29, 1.82) is 0 Å². The Morgan fingerprint density at radius 3 is 2.00 bits per heavy atom. The van der Waals surface area contributed by atoms with E-state index in [2.05, 4.69) is 0 Å². The van der Waals surface area contributed by atoms with Crippen LogP contribution in [0.3, 0.4) is 0 Å². The molecular formula is C15H10LiNO5. The third kappa shape index (κ3) is 2.22. The molecule has 2 aromatic rings. The third-order valence-electron chi connectivity index (χ3n) is 3.56. The zero-order valence-corrected chi connectivity index (χ0v) is 11.8. The molecule has 0 bridgehead atoms. The third-order valence-corrected chi connectivity index (χ3v) is 3.56. The van der Waals surface area contributed by atoms with Crippen LogP contribution in [0.4, 0.5) is 0 Å². The molecule has 0 radical (unpaired) electrons. The molecule has 0 unspecified atom stereocenters. The number of carboxylic acids is 1. The first-order chi connectivity index (χ1) is 10.1. The molecule has 2 aromatic carbocycles. The van der Waals surface area contributed by atoms with Crippen molar-refractivity contribution in [3.63, 3.8) is 0 Å². The van der Waals surface area contributed by atoms with E-state index in [1.807, 2.05) is 0 Å². The molecule has 0 aromatic heterocycles. The molecule has 1 N–H and O–H groups in total. The summed E-state index contributed by atoms with van der Waals surface area (Å²) in [5.41, 5.74) is 0.477. The Kier molecular flexibility index (Phi) is 4.38. The van der Waals surface area contributed by atoms with Gasteiger partial charge in [0, 0.05) is 16.5 Å². The number of aliphatic carboxylic acids is 1. The van der Waals surface area contributed by atoms with Crippen LogP contribution in [0, 0.1) is 0 Å². The largest absolute Gasteiger partial charge is 1.00 e. The van der Waals surface area contributed by atoms with Gasteiger partial charge in [-0.1, -0.05) is 24.3 Å². The van der Waals surface area contributed by atoms with Gasteiger partial charge in [0.25, 0.3) is 11.8 Å². The van der Waals surface area contributed by atoms with Crippen molar-refractivity contribution in [2.24, 2.45) is 0 Å². The number of amides is 2. The smallest absolute Gasteiger partial charge is 0.548 e. The maximum Gasteiger partial charge on any atom is 1.00 e. The molecule has 3 rings (SSSR count). The molecule has 7 heteroatoms. The van der Waals surface area contributed by atoms with Crippen LogP contribution in [0.15, 0.2) is 36.4 Å². The minimum atomic E-state index is -1.70. The molecule has 0 aliphatic carbocycles. The number of carbonyl (C=O) groups is 3. The summed E-state index contributed by atoms with van der Waals surface area (Å²) in [4.78, 5) is 36.4. The Morgan fingerprint density at radius 2 is 1.59 bits per heavy atom. The average molecular weight is 291 g/mol. The van der Waals surface area contributed by atoms with Crippen LogP contribution in [0.1, 0.15) is 20.7 Å². The summed E-state index contributed by atoms with van der Waals surface area (Å²) in [5.74, 6) is -3.16. The van der Waals surface area contributed by atoms with Gasteiger partial charge < -0.3 is 15.0 Å². The molecule has 0 fully saturated rings. The van der Waals surface area contributed by atoms with Crippen LogP contribution < -0.4 is 24.0 Å². The average Bonchev–Trinajstić information content (AvgIpc) is 2.48. The summed E-state index contributed by atoms with van der Waals surface area (Å²) in [7, 11) is 0. The summed E-state index contributed by atoms with van der Waals surface area (Å²) >= 11 is 0. The normalized spacial score (nSPS) is 14.7. The maximum absolute atomic E-state index is 12.4. The Hall–Kier alpha value is -2.13. The molecular weight excluding hydrogens is 281 g/mol. The van der Waals surface area contributed by atoms with Crippen molar-refractivity contribution in [3.8, 4) is 0 Å². The van der Waals surface area contributed by atoms with Crippen LogP contribution in [-0.2, 0) is 4.79 Å². The van der Waals surface area contributed by atoms with Gasteiger partial charge in [0.15, 0.2) is 0 Å². The minimum Gasteiger partial charge on any atom is -0.548 e. The van der Waals surface area contributed by atoms with E-state index in [9.17, 15) is 19.5 Å². The van der Waals surface area contributed by atoms with E-state index >= 15 is 0 Å². The second-order valence-corrected chi connectivity index (χ2v) is 4.71. The standard InChI is InChI=1S/C15H11NO5.Li/c17-7-11(15(20)21)16-13(18)9-5-1-3-8-4-2-6-10(12(8)9)14(16)19;/h1-6,11,17H,7H2,(H,20,21);/q;+1/p-1/t11-;/m0./s1. The van der Waals surface area contributed by atoms with Crippen molar-refractivity contribution in [3.05, 3.63) is 47.5 Å². The van der Waals surface area contributed by atoms with Crippen LogP contribution >= 0.6 is 0 Å². The van der Waals surface area contributed by atoms with Gasteiger partial charge in [-0.2, -0.15) is 0 Å². The molecule has 1 aliphatic heterocycles. The minimum absolute atomic E-state index is 0. The van der Waals surface area contributed by atoms with Gasteiger partial charge in [-0.15, -0.1) is 0 Å². The van der Waals surface area contributed by atoms with E-state index in [1.165, 1.54) is 12.1 Å². The van der Waals surface area contributed by atoms with Crippen LogP contribution in [0.25, 0.3) is 10.8 Å². The second kappa shape index (κ2) is 5.93. The van der Waals surface area contributed by atoms with Gasteiger partial charge in [-0.3, -0.25) is 14.5 Å². The number of aliphatic hydroxyl groups excluding tert-OH is 1. The van der Waals surface area contributed by atoms with E-state index in [0.29, 0.717) is 10.3 Å². The number of hydrogen-bond donors (Lipinski definition) is 1. The van der Waals surface area contributed by atoms with Crippen molar-refractivity contribution in [2.75, 3.05) is 6.61 Å². The SMILES string of the molecule is O=C([O-])[C@H](CO)N1C(=O)c2cccc3cccc(c23)C1=O.[Li+]. The van der Waals surface area contributed by atoms with Crippen molar-refractivity contribution < 1.29 is 43.5 Å². The number of hydrogen-bond acceptors (Lipinski definition) is 5. The summed E-state index contributed by atoms with van der Waals surface area (Å²) in [6, 6.07) is 8.19. The van der Waals surface area contributed by atoms with E-state index < -0.39 is 30.4 Å². The van der Waals surface area contributed by atoms with Gasteiger partial charge in [0.05, 0.1) is 12.6 Å². The molecule has 0 saturated carbocycles. The zero-order chi connectivity index (χ0) is 15.1. The van der Waals surface area contributed by atoms with Crippen molar-refractivity contribution in [2.45, 2.75) is 6.04 Å². The first-order valence-electron chi connectivity index (χ1n) is 6.27. The fourth-order valence-electron chi connectivity index (χ4n) is 2.59. The van der Waals surface area contributed by atoms with E-state index in [0.717, 1.165) is 5.39 Å². The number of carbonyl (C=O) groups excluding carboxylic acids is 3. The number of nitrogens with zero attached hydrogens (tertiary/aromatic N) is 1. The van der Waals surface area contributed by atoms with Crippen LogP contribution in [0.2, 0.25) is 0 Å². The van der Waals surface area contributed by atoms with Crippen LogP contribution in [0.5, 0.6) is 0 Å². The van der Waals surface area contributed by atoms with Crippen molar-refractivity contribution in [1.82, 2.24) is 4.90 Å². The van der Waals surface area contributed by atoms with Gasteiger partial charge in [-0.05, 0) is 17.5 Å². The second-order valence-electron chi connectivity index (χ2n) is 4.71. The number of benzene rings is 2. The number of imide groups is 1. The quantitative estimate of drug-likeness (QED) is 0.468. The first kappa shape index (κ1) is 16.2. The molecule has 1 atom stereocenters. The first-order valence-corrected chi connectivity index (χ1v) is 6.27. The number of rotatable bonds is 3. The number of carboxylic acid groups (broad SMARTS) is 1. The molecule has 6 nitrogen and oxygen atoms in total. The molecule has 2 amide bonds. The molecule has 106 valence electrons. The zero-order valence-electron chi connectivity index (χ0n) is 11.8. The molecule has 1 heterocycles. The fraction of sp³-hybridized carbons (Fsp3) is 0.133. The summed E-state index contributed by atoms with van der Waals surface area (Å²) in [6.07, 6.45) is 0. The van der Waals surface area contributed by atoms with E-state index in [-0.39, 0.29) is 30.0 Å². The summed E-state index contributed by atoms with van der Waals surface area (Å²) in [6.45, 7) is -0.891. The van der Waals surface area contributed by atoms with Crippen molar-refractivity contribution >= 4 is 28.6 Å². The predicted octanol–water partition coefficient (Wildman–Crippen LogP) is -3.45. The molecule has 1 aliphatic rings. The number of aliphatic hydroxyl groups is 1. The molecule has 0 saturated heterocycles. The fourth-order valence-corrected chi connectivity index (χ4v) is 2.59. The van der Waals surface area contributed by atoms with Gasteiger partial charge in [0.2, 0.25) is 0 Å². The molecule has 0 spiro atoms. The Bertz CT molecular complexity index is 738. The molecule has 22 heavy (non-hydrogen) atoms. The topological polar surface area (TPSA) is 97.7 Å². The van der Waals surface area contributed by atoms with Gasteiger partial charge in [-0.25, -0.2) is 0 Å². The maximum atomic E-state index is 12.4. The summed E-state index contributed by atoms with van der Waals surface area (Å²) in [5, 5.41) is 21.4. The van der Waals surface area contributed by atoms with E-state index in [4.69, 9.17) is 5.11 Å². The van der Waals surface area contributed by atoms with Gasteiger partial charge >= 0.3 is 18.9 Å². The van der Waals surface area contributed by atoms with E-state index in [1.54, 1.807) is 24.3 Å². The van der Waals surface area contributed by atoms with Crippen LogP contribution in [-0.4, -0.2) is 40.4 Å². The Balaban J connectivity index is 0.00000176. The van der Waals surface area contributed by atoms with Gasteiger partial charge in [0.1, 0.15) is 6.04 Å². The Labute approximate surface area is 137 Å². The monoisotopic (exact) mass is 291 g/mol.